The summed E-state index contributed by atoms with van der Waals surface area (Å²) in [7, 11) is -3.14. The third-order valence-electron chi connectivity index (χ3n) is 3.22. The zero-order chi connectivity index (χ0) is 13.3. The number of benzene rings is 1. The van der Waals surface area contributed by atoms with Crippen LogP contribution in [-0.2, 0) is 16.4 Å². The number of hydrogen-bond acceptors (Lipinski definition) is 6. The van der Waals surface area contributed by atoms with Crippen LogP contribution in [0.3, 0.4) is 0 Å². The molecule has 0 saturated heterocycles. The molecule has 2 aromatic rings. The summed E-state index contributed by atoms with van der Waals surface area (Å²) >= 11 is 0. The van der Waals surface area contributed by atoms with Crippen molar-refractivity contribution in [1.29, 1.82) is 0 Å². The molecule has 0 spiro atoms. The van der Waals surface area contributed by atoms with E-state index in [4.69, 9.17) is 0 Å². The first kappa shape index (κ1) is 12.3. The molecule has 3 rings (SSSR count). The van der Waals surface area contributed by atoms with Gasteiger partial charge < -0.3 is 9.84 Å². The predicted octanol–water partition coefficient (Wildman–Crippen LogP) is 1.08. The molecule has 0 bridgehead atoms. The first-order valence-electron chi connectivity index (χ1n) is 5.97. The Kier molecular flexibility index (Phi) is 3.08. The van der Waals surface area contributed by atoms with Crippen LogP contribution in [0.4, 0.5) is 0 Å². The summed E-state index contributed by atoms with van der Waals surface area (Å²) in [5.41, 5.74) is 0.817. The Morgan fingerprint density at radius 3 is 3.00 bits per heavy atom. The van der Waals surface area contributed by atoms with E-state index in [9.17, 15) is 8.42 Å². The van der Waals surface area contributed by atoms with Gasteiger partial charge in [0.15, 0.2) is 15.7 Å². The predicted molar refractivity (Wildman–Crippen MR) is 67.0 cm³/mol. The van der Waals surface area contributed by atoms with Crippen molar-refractivity contribution >= 4 is 9.84 Å². The molecule has 1 aromatic heterocycles. The normalized spacial score (nSPS) is 20.9. The second-order valence-corrected chi connectivity index (χ2v) is 6.50. The fourth-order valence-electron chi connectivity index (χ4n) is 2.29. The van der Waals surface area contributed by atoms with Crippen LogP contribution in [0.2, 0.25) is 0 Å². The summed E-state index contributed by atoms with van der Waals surface area (Å²) in [6, 6.07) is 7.10. The topological polar surface area (TPSA) is 85.1 Å². The molecule has 0 saturated carbocycles. The van der Waals surface area contributed by atoms with Crippen molar-refractivity contribution in [2.75, 3.05) is 5.75 Å². The van der Waals surface area contributed by atoms with Crippen LogP contribution in [0.25, 0.3) is 0 Å². The summed E-state index contributed by atoms with van der Waals surface area (Å²) < 4.78 is 28.6. The second kappa shape index (κ2) is 4.75. The van der Waals surface area contributed by atoms with Gasteiger partial charge in [-0.2, -0.15) is 4.98 Å². The van der Waals surface area contributed by atoms with Gasteiger partial charge in [-0.15, -0.1) is 0 Å². The van der Waals surface area contributed by atoms with Gasteiger partial charge in [0.2, 0.25) is 6.39 Å². The lowest BCUT2D eigenvalue weighted by atomic mass is 10.0. The number of nitrogens with one attached hydrogen (secondary N) is 1. The lowest BCUT2D eigenvalue weighted by Gasteiger charge is -2.25. The number of nitrogens with zero attached hydrogens (tertiary/aromatic N) is 2. The van der Waals surface area contributed by atoms with Crippen molar-refractivity contribution in [3.8, 4) is 0 Å². The Bertz CT molecular complexity index is 667. The van der Waals surface area contributed by atoms with E-state index in [1.54, 1.807) is 12.1 Å². The second-order valence-electron chi connectivity index (χ2n) is 4.43. The number of aromatic nitrogens is 2. The Morgan fingerprint density at radius 2 is 2.21 bits per heavy atom. The third kappa shape index (κ3) is 2.39. The van der Waals surface area contributed by atoms with Crippen molar-refractivity contribution in [3.63, 3.8) is 0 Å². The highest BCUT2D eigenvalue weighted by Crippen LogP contribution is 2.31. The molecule has 0 aliphatic carbocycles. The fraction of sp³-hybridized carbons (Fsp3) is 0.333. The Labute approximate surface area is 110 Å². The van der Waals surface area contributed by atoms with E-state index in [0.717, 1.165) is 5.56 Å². The quantitative estimate of drug-likeness (QED) is 0.905. The molecule has 6 nitrogen and oxygen atoms in total. The standard InChI is InChI=1S/C12H13N3O3S/c16-19(17)6-5-10(9-3-1-2-4-11(9)19)13-7-12-14-8-18-15-12/h1-4,8,10,13H,5-7H2. The van der Waals surface area contributed by atoms with Crippen LogP contribution >= 0.6 is 0 Å². The van der Waals surface area contributed by atoms with Crippen LogP contribution < -0.4 is 5.32 Å². The third-order valence-corrected chi connectivity index (χ3v) is 5.03. The molecule has 1 unspecified atom stereocenters. The van der Waals surface area contributed by atoms with Crippen LogP contribution in [-0.4, -0.2) is 24.3 Å². The lowest BCUT2D eigenvalue weighted by molar-refractivity contribution is 0.402. The monoisotopic (exact) mass is 279 g/mol. The summed E-state index contributed by atoms with van der Waals surface area (Å²) in [4.78, 5) is 4.35. The molecular weight excluding hydrogens is 266 g/mol. The zero-order valence-electron chi connectivity index (χ0n) is 10.1. The summed E-state index contributed by atoms with van der Waals surface area (Å²) in [6.07, 6.45) is 1.83. The van der Waals surface area contributed by atoms with E-state index in [1.165, 1.54) is 6.39 Å². The maximum absolute atomic E-state index is 12.0. The number of hydrogen-bond donors (Lipinski definition) is 1. The van der Waals surface area contributed by atoms with Crippen LogP contribution in [0.1, 0.15) is 23.9 Å². The van der Waals surface area contributed by atoms with Crippen molar-refractivity contribution in [1.82, 2.24) is 15.5 Å². The highest BCUT2D eigenvalue weighted by molar-refractivity contribution is 7.91. The van der Waals surface area contributed by atoms with Crippen molar-refractivity contribution in [2.24, 2.45) is 0 Å². The molecule has 0 fully saturated rings. The summed E-state index contributed by atoms with van der Waals surface area (Å²) in [5.74, 6) is 0.722. The molecule has 0 amide bonds. The van der Waals surface area contributed by atoms with Crippen LogP contribution in [0.5, 0.6) is 0 Å². The van der Waals surface area contributed by atoms with Crippen LogP contribution in [0, 0.1) is 0 Å². The average molecular weight is 279 g/mol. The molecule has 1 atom stereocenters. The molecule has 1 aliphatic rings. The molecule has 0 radical (unpaired) electrons. The molecule has 7 heteroatoms. The smallest absolute Gasteiger partial charge is 0.213 e. The van der Waals surface area contributed by atoms with Gasteiger partial charge >= 0.3 is 0 Å². The van der Waals surface area contributed by atoms with Gasteiger partial charge in [0.05, 0.1) is 17.2 Å². The van der Waals surface area contributed by atoms with E-state index in [1.807, 2.05) is 12.1 Å². The maximum Gasteiger partial charge on any atom is 0.213 e. The van der Waals surface area contributed by atoms with Gasteiger partial charge in [0, 0.05) is 6.04 Å². The van der Waals surface area contributed by atoms with Crippen molar-refractivity contribution in [3.05, 3.63) is 42.0 Å². The zero-order valence-corrected chi connectivity index (χ0v) is 10.9. The van der Waals surface area contributed by atoms with Gasteiger partial charge in [-0.25, -0.2) is 8.42 Å². The number of sulfone groups is 1. The highest BCUT2D eigenvalue weighted by atomic mass is 32.2. The van der Waals surface area contributed by atoms with Gasteiger partial charge in [-0.1, -0.05) is 23.4 Å². The Hall–Kier alpha value is -1.73. The summed E-state index contributed by atoms with van der Waals surface area (Å²) in [5, 5.41) is 6.99. The minimum atomic E-state index is -3.14. The van der Waals surface area contributed by atoms with Crippen molar-refractivity contribution < 1.29 is 12.9 Å². The van der Waals surface area contributed by atoms with Crippen LogP contribution in [0.15, 0.2) is 40.1 Å². The Morgan fingerprint density at radius 1 is 1.37 bits per heavy atom. The van der Waals surface area contributed by atoms with Gasteiger partial charge in [-0.05, 0) is 18.1 Å². The molecule has 2 heterocycles. The van der Waals surface area contributed by atoms with E-state index >= 15 is 0 Å². The maximum atomic E-state index is 12.0. The van der Waals surface area contributed by atoms with E-state index in [-0.39, 0.29) is 11.8 Å². The van der Waals surface area contributed by atoms with Gasteiger partial charge in [0.25, 0.3) is 0 Å². The largest absolute Gasteiger partial charge is 0.343 e. The molecule has 1 aliphatic heterocycles. The van der Waals surface area contributed by atoms with E-state index < -0.39 is 9.84 Å². The lowest BCUT2D eigenvalue weighted by Crippen LogP contribution is -2.29. The van der Waals surface area contributed by atoms with Crippen molar-refractivity contribution in [2.45, 2.75) is 23.9 Å². The first-order chi connectivity index (χ1) is 9.17. The molecular formula is C12H13N3O3S. The van der Waals surface area contributed by atoms with Gasteiger partial charge in [0.1, 0.15) is 0 Å². The van der Waals surface area contributed by atoms with Gasteiger partial charge in [-0.3, -0.25) is 0 Å². The SMILES string of the molecule is O=S1(=O)CCC(NCc2ncon2)c2ccccc21. The van der Waals surface area contributed by atoms with E-state index in [0.29, 0.717) is 23.7 Å². The Balaban J connectivity index is 1.84. The molecule has 1 N–H and O–H groups in total. The minimum Gasteiger partial charge on any atom is -0.343 e. The van der Waals surface area contributed by atoms with E-state index in [2.05, 4.69) is 20.0 Å². The fourth-order valence-corrected chi connectivity index (χ4v) is 3.91. The number of fused-ring (bicyclic) bond motifs is 1. The highest BCUT2D eigenvalue weighted by Gasteiger charge is 2.29. The number of rotatable bonds is 3. The summed E-state index contributed by atoms with van der Waals surface area (Å²) in [6.45, 7) is 0.454. The molecule has 19 heavy (non-hydrogen) atoms. The molecule has 1 aromatic carbocycles. The molecule has 100 valence electrons. The average Bonchev–Trinajstić information content (AvgIpc) is 2.91. The minimum absolute atomic E-state index is 0.00164. The first-order valence-corrected chi connectivity index (χ1v) is 7.62.